The highest BCUT2D eigenvalue weighted by atomic mass is 19.1. The van der Waals surface area contributed by atoms with Crippen molar-refractivity contribution < 1.29 is 18.7 Å². The maximum Gasteiger partial charge on any atom is 0.262 e. The van der Waals surface area contributed by atoms with Gasteiger partial charge in [0.15, 0.2) is 0 Å². The first-order valence-corrected chi connectivity index (χ1v) is 11.6. The zero-order valence-electron chi connectivity index (χ0n) is 19.1. The third-order valence-corrected chi connectivity index (χ3v) is 6.42. The molecule has 5 rings (SSSR count). The van der Waals surface area contributed by atoms with Crippen molar-refractivity contribution >= 4 is 17.5 Å². The van der Waals surface area contributed by atoms with Crippen molar-refractivity contribution in [2.45, 2.75) is 25.3 Å². The lowest BCUT2D eigenvalue weighted by atomic mass is 9.90. The monoisotopic (exact) mass is 462 g/mol. The highest BCUT2D eigenvalue weighted by molar-refractivity contribution is 6.10. The Kier molecular flexibility index (Phi) is 6.40. The summed E-state index contributed by atoms with van der Waals surface area (Å²) in [6.45, 7) is 2.43. The number of benzene rings is 2. The standard InChI is InChI=1S/C26H27FN4O3/c1-33-20-9-5-8-19(16-20)31(18-6-4-7-18)25(32)22-17-28-26(30-12-14-34-15-13-30)29-24(22)21-10-2-3-11-23(21)27/h2-3,5,8-11,16-18H,4,6-7,12-15H2,1H3. The van der Waals surface area contributed by atoms with E-state index in [1.165, 1.54) is 12.3 Å². The molecule has 3 aromatic rings. The zero-order valence-corrected chi connectivity index (χ0v) is 19.1. The van der Waals surface area contributed by atoms with E-state index in [2.05, 4.69) is 4.98 Å². The molecule has 0 radical (unpaired) electrons. The highest BCUT2D eigenvalue weighted by Gasteiger charge is 2.33. The van der Waals surface area contributed by atoms with Crippen molar-refractivity contribution in [1.82, 2.24) is 9.97 Å². The lowest BCUT2D eigenvalue weighted by Gasteiger charge is -2.38. The maximum absolute atomic E-state index is 14.9. The lowest BCUT2D eigenvalue weighted by molar-refractivity contribution is 0.0964. The number of carbonyl (C=O) groups excluding carboxylic acids is 1. The first kappa shape index (κ1) is 22.3. The number of aromatic nitrogens is 2. The van der Waals surface area contributed by atoms with Crippen LogP contribution in [0.1, 0.15) is 29.6 Å². The molecule has 1 saturated carbocycles. The van der Waals surface area contributed by atoms with Crippen LogP contribution in [0.5, 0.6) is 5.75 Å². The quantitative estimate of drug-likeness (QED) is 0.543. The number of hydrogen-bond donors (Lipinski definition) is 0. The van der Waals surface area contributed by atoms with Crippen LogP contribution in [0.2, 0.25) is 0 Å². The number of anilines is 2. The number of morpholine rings is 1. The van der Waals surface area contributed by atoms with Crippen LogP contribution in [0.25, 0.3) is 11.3 Å². The molecule has 0 N–H and O–H groups in total. The summed E-state index contributed by atoms with van der Waals surface area (Å²) in [5.74, 6) is 0.460. The van der Waals surface area contributed by atoms with E-state index in [-0.39, 0.29) is 23.1 Å². The van der Waals surface area contributed by atoms with Crippen molar-refractivity contribution in [1.29, 1.82) is 0 Å². The van der Waals surface area contributed by atoms with Gasteiger partial charge >= 0.3 is 0 Å². The number of hydrogen-bond acceptors (Lipinski definition) is 6. The van der Waals surface area contributed by atoms with E-state index >= 15 is 0 Å². The zero-order chi connectivity index (χ0) is 23.5. The minimum atomic E-state index is -0.431. The van der Waals surface area contributed by atoms with Gasteiger partial charge in [0.1, 0.15) is 11.6 Å². The molecule has 0 atom stereocenters. The van der Waals surface area contributed by atoms with Gasteiger partial charge in [-0.3, -0.25) is 4.79 Å². The van der Waals surface area contributed by atoms with E-state index in [4.69, 9.17) is 14.5 Å². The number of ether oxygens (including phenoxy) is 2. The Morgan fingerprint density at radius 3 is 2.65 bits per heavy atom. The second-order valence-electron chi connectivity index (χ2n) is 8.47. The normalized spacial score (nSPS) is 16.1. The third kappa shape index (κ3) is 4.33. The predicted octanol–water partition coefficient (Wildman–Crippen LogP) is 4.33. The number of halogens is 1. The Labute approximate surface area is 198 Å². The second-order valence-corrected chi connectivity index (χ2v) is 8.47. The number of methoxy groups -OCH3 is 1. The van der Waals surface area contributed by atoms with Crippen LogP contribution in [0.15, 0.2) is 54.7 Å². The largest absolute Gasteiger partial charge is 0.497 e. The SMILES string of the molecule is COc1cccc(N(C(=O)c2cnc(N3CCOCC3)nc2-c2ccccc2F)C2CCC2)c1. The fourth-order valence-electron chi connectivity index (χ4n) is 4.33. The maximum atomic E-state index is 14.9. The van der Waals surface area contributed by atoms with Crippen molar-refractivity contribution in [2.24, 2.45) is 0 Å². The molecule has 2 aliphatic rings. The van der Waals surface area contributed by atoms with E-state index in [9.17, 15) is 9.18 Å². The summed E-state index contributed by atoms with van der Waals surface area (Å²) in [4.78, 5) is 27.0. The van der Waals surface area contributed by atoms with Crippen LogP contribution in [0.3, 0.4) is 0 Å². The van der Waals surface area contributed by atoms with E-state index in [0.717, 1.165) is 24.9 Å². The van der Waals surface area contributed by atoms with Gasteiger partial charge in [-0.15, -0.1) is 0 Å². The summed E-state index contributed by atoms with van der Waals surface area (Å²) < 4.78 is 25.7. The van der Waals surface area contributed by atoms with Gasteiger partial charge in [0.25, 0.3) is 5.91 Å². The molecule has 0 spiro atoms. The molecule has 2 aromatic carbocycles. The molecule has 176 valence electrons. The molecule has 0 unspecified atom stereocenters. The summed E-state index contributed by atoms with van der Waals surface area (Å²) in [6, 6.07) is 13.9. The summed E-state index contributed by atoms with van der Waals surface area (Å²) in [6.07, 6.45) is 4.41. The summed E-state index contributed by atoms with van der Waals surface area (Å²) in [7, 11) is 1.60. The first-order valence-electron chi connectivity index (χ1n) is 11.6. The van der Waals surface area contributed by atoms with Crippen molar-refractivity contribution in [2.75, 3.05) is 43.2 Å². The van der Waals surface area contributed by atoms with Crippen molar-refractivity contribution in [3.05, 3.63) is 66.1 Å². The van der Waals surface area contributed by atoms with E-state index in [0.29, 0.717) is 43.7 Å². The number of amides is 1. The number of carbonyl (C=O) groups is 1. The Bertz CT molecular complexity index is 1180. The molecule has 34 heavy (non-hydrogen) atoms. The van der Waals surface area contributed by atoms with Gasteiger partial charge in [-0.25, -0.2) is 14.4 Å². The Morgan fingerprint density at radius 1 is 1.15 bits per heavy atom. The van der Waals surface area contributed by atoms with Gasteiger partial charge in [0.05, 0.1) is 31.6 Å². The molecule has 8 heteroatoms. The smallest absolute Gasteiger partial charge is 0.262 e. The minimum Gasteiger partial charge on any atom is -0.497 e. The molecule has 1 saturated heterocycles. The van der Waals surface area contributed by atoms with Crippen LogP contribution in [0.4, 0.5) is 16.0 Å². The molecule has 7 nitrogen and oxygen atoms in total. The van der Waals surface area contributed by atoms with Gasteiger partial charge < -0.3 is 19.3 Å². The minimum absolute atomic E-state index is 0.0620. The molecule has 1 aliphatic heterocycles. The van der Waals surface area contributed by atoms with Crippen LogP contribution in [-0.4, -0.2) is 55.3 Å². The summed E-state index contributed by atoms with van der Waals surface area (Å²) >= 11 is 0. The average Bonchev–Trinajstić information content (AvgIpc) is 2.86. The van der Waals surface area contributed by atoms with Crippen LogP contribution in [0, 0.1) is 5.82 Å². The second kappa shape index (κ2) is 9.77. The number of rotatable bonds is 6. The molecule has 2 heterocycles. The Balaban J connectivity index is 1.60. The third-order valence-electron chi connectivity index (χ3n) is 6.42. The molecule has 1 aliphatic carbocycles. The highest BCUT2D eigenvalue weighted by Crippen LogP contribution is 2.35. The summed E-state index contributed by atoms with van der Waals surface area (Å²) in [5.41, 5.74) is 1.59. The topological polar surface area (TPSA) is 67.8 Å². The van der Waals surface area contributed by atoms with Crippen LogP contribution < -0.4 is 14.5 Å². The van der Waals surface area contributed by atoms with Gasteiger partial charge in [-0.2, -0.15) is 0 Å². The van der Waals surface area contributed by atoms with E-state index < -0.39 is 5.82 Å². The van der Waals surface area contributed by atoms with Crippen molar-refractivity contribution in [3.8, 4) is 17.0 Å². The molecule has 2 fully saturated rings. The van der Waals surface area contributed by atoms with Crippen molar-refractivity contribution in [3.63, 3.8) is 0 Å². The molecule has 1 amide bonds. The molecule has 1 aromatic heterocycles. The molecular weight excluding hydrogens is 435 g/mol. The van der Waals surface area contributed by atoms with Gasteiger partial charge in [-0.05, 0) is 43.5 Å². The fraction of sp³-hybridized carbons (Fsp3) is 0.346. The molecular formula is C26H27FN4O3. The lowest BCUT2D eigenvalue weighted by Crippen LogP contribution is -2.45. The predicted molar refractivity (Wildman–Crippen MR) is 128 cm³/mol. The summed E-state index contributed by atoms with van der Waals surface area (Å²) in [5, 5.41) is 0. The average molecular weight is 463 g/mol. The molecule has 0 bridgehead atoms. The first-order chi connectivity index (χ1) is 16.7. The Hall–Kier alpha value is -3.52. The van der Waals surface area contributed by atoms with E-state index in [1.54, 1.807) is 30.2 Å². The van der Waals surface area contributed by atoms with Crippen LogP contribution in [-0.2, 0) is 4.74 Å². The van der Waals surface area contributed by atoms with Crippen LogP contribution >= 0.6 is 0 Å². The Morgan fingerprint density at radius 2 is 1.94 bits per heavy atom. The van der Waals surface area contributed by atoms with Gasteiger partial charge in [0, 0.05) is 42.6 Å². The van der Waals surface area contributed by atoms with E-state index in [1.807, 2.05) is 29.2 Å². The number of nitrogens with zero attached hydrogens (tertiary/aromatic N) is 4. The van der Waals surface area contributed by atoms with Gasteiger partial charge in [-0.1, -0.05) is 18.2 Å². The fourth-order valence-corrected chi connectivity index (χ4v) is 4.33. The van der Waals surface area contributed by atoms with Gasteiger partial charge in [0.2, 0.25) is 5.95 Å².